The molecule has 0 saturated carbocycles. The minimum absolute atomic E-state index is 0.109. The first-order valence-corrected chi connectivity index (χ1v) is 8.33. The number of hydrogen-bond acceptors (Lipinski definition) is 6. The Morgan fingerprint density at radius 2 is 2.04 bits per heavy atom. The largest absolute Gasteiger partial charge is 0.339 e. The molecule has 0 N–H and O–H groups in total. The van der Waals surface area contributed by atoms with E-state index in [1.807, 2.05) is 31.9 Å². The zero-order valence-electron chi connectivity index (χ0n) is 14.5. The molecule has 1 amide bonds. The molecule has 1 fully saturated rings. The Morgan fingerprint density at radius 3 is 2.62 bits per heavy atom. The zero-order valence-corrected chi connectivity index (χ0v) is 14.5. The average molecular weight is 332 g/mol. The number of aromatic nitrogens is 4. The molecule has 0 aromatic carbocycles. The number of hydrogen-bond donors (Lipinski definition) is 0. The van der Waals surface area contributed by atoms with E-state index in [4.69, 9.17) is 4.52 Å². The van der Waals surface area contributed by atoms with Crippen molar-refractivity contribution >= 4 is 5.91 Å². The quantitative estimate of drug-likeness (QED) is 0.814. The second-order valence-corrected chi connectivity index (χ2v) is 6.57. The lowest BCUT2D eigenvalue weighted by Crippen LogP contribution is -2.49. The molecule has 8 heteroatoms. The van der Waals surface area contributed by atoms with Crippen molar-refractivity contribution in [1.82, 2.24) is 29.7 Å². The van der Waals surface area contributed by atoms with Gasteiger partial charge in [-0.15, -0.1) is 0 Å². The van der Waals surface area contributed by atoms with Crippen molar-refractivity contribution in [3.63, 3.8) is 0 Å². The molecule has 0 aliphatic carbocycles. The van der Waals surface area contributed by atoms with Crippen LogP contribution >= 0.6 is 0 Å². The molecule has 3 rings (SSSR count). The van der Waals surface area contributed by atoms with Crippen LogP contribution in [0.1, 0.15) is 37.0 Å². The first kappa shape index (κ1) is 16.6. The molecule has 24 heavy (non-hydrogen) atoms. The highest BCUT2D eigenvalue weighted by molar-refractivity contribution is 5.76. The van der Waals surface area contributed by atoms with Crippen LogP contribution in [0.15, 0.2) is 16.9 Å². The molecule has 2 aromatic rings. The van der Waals surface area contributed by atoms with Crippen molar-refractivity contribution in [3.8, 4) is 0 Å². The molecule has 0 atom stereocenters. The van der Waals surface area contributed by atoms with E-state index in [9.17, 15) is 4.79 Å². The number of nitrogens with zero attached hydrogens (tertiary/aromatic N) is 6. The summed E-state index contributed by atoms with van der Waals surface area (Å²) in [6.45, 7) is 10.0. The topological polar surface area (TPSA) is 80.3 Å². The van der Waals surface area contributed by atoms with Gasteiger partial charge in [-0.05, 0) is 12.5 Å². The van der Waals surface area contributed by atoms with E-state index in [2.05, 4.69) is 20.1 Å². The third-order valence-electron chi connectivity index (χ3n) is 4.14. The predicted octanol–water partition coefficient (Wildman–Crippen LogP) is 1.04. The van der Waals surface area contributed by atoms with Gasteiger partial charge in [0.05, 0.1) is 12.7 Å². The van der Waals surface area contributed by atoms with Gasteiger partial charge in [-0.25, -0.2) is 0 Å². The van der Waals surface area contributed by atoms with E-state index in [0.29, 0.717) is 32.1 Å². The normalized spacial score (nSPS) is 16.1. The van der Waals surface area contributed by atoms with Crippen molar-refractivity contribution in [1.29, 1.82) is 0 Å². The van der Waals surface area contributed by atoms with E-state index in [-0.39, 0.29) is 11.8 Å². The van der Waals surface area contributed by atoms with E-state index in [1.165, 1.54) is 0 Å². The Hall–Kier alpha value is -2.22. The summed E-state index contributed by atoms with van der Waals surface area (Å²) in [6.07, 6.45) is 3.65. The third kappa shape index (κ3) is 4.00. The number of carbonyl (C=O) groups excluding carboxylic acids is 1. The maximum absolute atomic E-state index is 12.3. The third-order valence-corrected chi connectivity index (χ3v) is 4.14. The number of amides is 1. The van der Waals surface area contributed by atoms with E-state index >= 15 is 0 Å². The van der Waals surface area contributed by atoms with Crippen LogP contribution in [-0.4, -0.2) is 61.8 Å². The fourth-order valence-electron chi connectivity index (χ4n) is 2.71. The fraction of sp³-hybridized carbons (Fsp3) is 0.625. The summed E-state index contributed by atoms with van der Waals surface area (Å²) < 4.78 is 6.98. The van der Waals surface area contributed by atoms with Crippen LogP contribution in [0.2, 0.25) is 0 Å². The number of aryl methyl sites for hydroxylation is 1. The van der Waals surface area contributed by atoms with Crippen LogP contribution in [0.4, 0.5) is 0 Å². The maximum atomic E-state index is 12.3. The maximum Gasteiger partial charge on any atom is 0.244 e. The van der Waals surface area contributed by atoms with Crippen molar-refractivity contribution in [3.05, 3.63) is 29.7 Å². The Balaban J connectivity index is 1.47. The molecule has 0 bridgehead atoms. The molecule has 1 saturated heterocycles. The van der Waals surface area contributed by atoms with Gasteiger partial charge < -0.3 is 9.42 Å². The lowest BCUT2D eigenvalue weighted by molar-refractivity contribution is -0.133. The Morgan fingerprint density at radius 1 is 1.29 bits per heavy atom. The van der Waals surface area contributed by atoms with E-state index in [0.717, 1.165) is 24.5 Å². The Bertz CT molecular complexity index is 684. The molecule has 0 radical (unpaired) electrons. The zero-order chi connectivity index (χ0) is 17.1. The first-order chi connectivity index (χ1) is 11.5. The van der Waals surface area contributed by atoms with Crippen LogP contribution in [0.25, 0.3) is 0 Å². The van der Waals surface area contributed by atoms with Crippen molar-refractivity contribution in [2.75, 3.05) is 26.2 Å². The van der Waals surface area contributed by atoms with Crippen LogP contribution in [0.5, 0.6) is 0 Å². The van der Waals surface area contributed by atoms with Gasteiger partial charge in [0, 0.05) is 38.3 Å². The molecular weight excluding hydrogens is 308 g/mol. The summed E-state index contributed by atoms with van der Waals surface area (Å²) in [5, 5.41) is 8.16. The summed E-state index contributed by atoms with van der Waals surface area (Å²) >= 11 is 0. The van der Waals surface area contributed by atoms with Gasteiger partial charge in [0.1, 0.15) is 6.54 Å². The highest BCUT2D eigenvalue weighted by Gasteiger charge is 2.23. The van der Waals surface area contributed by atoms with E-state index < -0.39 is 0 Å². The monoisotopic (exact) mass is 332 g/mol. The summed E-state index contributed by atoms with van der Waals surface area (Å²) in [4.78, 5) is 20.9. The standard InChI is InChI=1S/C16H24N6O2/c1-12(2)16-18-14(24-19-16)10-20-4-6-21(7-5-20)15(23)11-22-9-13(3)8-17-22/h8-9,12H,4-7,10-11H2,1-3H3. The lowest BCUT2D eigenvalue weighted by atomic mass is 10.2. The number of rotatable bonds is 5. The smallest absolute Gasteiger partial charge is 0.244 e. The molecule has 130 valence electrons. The minimum atomic E-state index is 0.109. The van der Waals surface area contributed by atoms with Gasteiger partial charge in [0.15, 0.2) is 5.82 Å². The fourth-order valence-corrected chi connectivity index (χ4v) is 2.71. The summed E-state index contributed by atoms with van der Waals surface area (Å²) in [5.74, 6) is 1.76. The molecule has 2 aromatic heterocycles. The summed E-state index contributed by atoms with van der Waals surface area (Å²) in [7, 11) is 0. The van der Waals surface area contributed by atoms with Gasteiger partial charge in [-0.2, -0.15) is 10.1 Å². The predicted molar refractivity (Wildman–Crippen MR) is 87.2 cm³/mol. The van der Waals surface area contributed by atoms with E-state index in [1.54, 1.807) is 10.9 Å². The van der Waals surface area contributed by atoms with Crippen LogP contribution in [0.3, 0.4) is 0 Å². The molecule has 0 unspecified atom stereocenters. The highest BCUT2D eigenvalue weighted by atomic mass is 16.5. The van der Waals surface area contributed by atoms with Gasteiger partial charge >= 0.3 is 0 Å². The second kappa shape index (κ2) is 7.12. The summed E-state index contributed by atoms with van der Waals surface area (Å²) in [5.41, 5.74) is 1.06. The average Bonchev–Trinajstić information content (AvgIpc) is 3.17. The molecule has 0 spiro atoms. The SMILES string of the molecule is Cc1cnn(CC(=O)N2CCN(Cc3nc(C(C)C)no3)CC2)c1. The molecule has 1 aliphatic heterocycles. The second-order valence-electron chi connectivity index (χ2n) is 6.57. The Labute approximate surface area is 141 Å². The number of piperazine rings is 1. The van der Waals surface area contributed by atoms with Crippen LogP contribution in [0, 0.1) is 6.92 Å². The van der Waals surface area contributed by atoms with Gasteiger partial charge in [0.25, 0.3) is 0 Å². The lowest BCUT2D eigenvalue weighted by Gasteiger charge is -2.33. The van der Waals surface area contributed by atoms with Crippen LogP contribution < -0.4 is 0 Å². The molecule has 1 aliphatic rings. The van der Waals surface area contributed by atoms with Crippen molar-refractivity contribution in [2.45, 2.75) is 39.8 Å². The van der Waals surface area contributed by atoms with Crippen molar-refractivity contribution in [2.24, 2.45) is 0 Å². The Kier molecular flexibility index (Phi) is 4.94. The highest BCUT2D eigenvalue weighted by Crippen LogP contribution is 2.12. The number of carbonyl (C=O) groups is 1. The minimum Gasteiger partial charge on any atom is -0.339 e. The van der Waals surface area contributed by atoms with Gasteiger partial charge in [-0.1, -0.05) is 19.0 Å². The van der Waals surface area contributed by atoms with Crippen LogP contribution in [-0.2, 0) is 17.9 Å². The van der Waals surface area contributed by atoms with Gasteiger partial charge in [-0.3, -0.25) is 14.4 Å². The summed E-state index contributed by atoms with van der Waals surface area (Å²) in [6, 6.07) is 0. The molecular formula is C16H24N6O2. The first-order valence-electron chi connectivity index (χ1n) is 8.33. The van der Waals surface area contributed by atoms with Crippen molar-refractivity contribution < 1.29 is 9.32 Å². The molecule has 8 nitrogen and oxygen atoms in total. The molecule has 3 heterocycles. The van der Waals surface area contributed by atoms with Gasteiger partial charge in [0.2, 0.25) is 11.8 Å².